The van der Waals surface area contributed by atoms with Crippen molar-refractivity contribution in [1.29, 1.82) is 0 Å². The standard InChI is InChI=1S/C29H51N3/c1-22-7-4-18-31-26(9-2-3-10-28(22)31)19-23-12-13-25-14-15-27(32(25)21-23)20-24-8-5-16-30-17-6-11-29(24)30/h22-29H,2-21H2,1H3. The average Bonchev–Trinajstić information content (AvgIpc) is 3.39. The third kappa shape index (κ3) is 4.44. The molecule has 8 atom stereocenters. The zero-order valence-electron chi connectivity index (χ0n) is 21.1. The van der Waals surface area contributed by atoms with Crippen LogP contribution >= 0.6 is 0 Å². The molecule has 3 nitrogen and oxygen atoms in total. The summed E-state index contributed by atoms with van der Waals surface area (Å²) in [6.07, 6.45) is 23.9. The van der Waals surface area contributed by atoms with Crippen LogP contribution in [-0.2, 0) is 0 Å². The fourth-order valence-electron chi connectivity index (χ4n) is 9.64. The highest BCUT2D eigenvalue weighted by Crippen LogP contribution is 2.42. The fraction of sp³-hybridized carbons (Fsp3) is 1.00. The average molecular weight is 442 g/mol. The van der Waals surface area contributed by atoms with E-state index in [0.717, 1.165) is 48.0 Å². The van der Waals surface area contributed by atoms with Gasteiger partial charge in [-0.1, -0.05) is 19.8 Å². The molecule has 0 aliphatic carbocycles. The Labute approximate surface area is 198 Å². The van der Waals surface area contributed by atoms with Gasteiger partial charge in [0.15, 0.2) is 0 Å². The summed E-state index contributed by atoms with van der Waals surface area (Å²) in [7, 11) is 0. The molecule has 0 aromatic heterocycles. The molecular weight excluding hydrogens is 390 g/mol. The van der Waals surface area contributed by atoms with Crippen LogP contribution in [0.15, 0.2) is 0 Å². The Morgan fingerprint density at radius 1 is 0.594 bits per heavy atom. The van der Waals surface area contributed by atoms with Gasteiger partial charge in [-0.3, -0.25) is 9.80 Å². The SMILES string of the molecule is CC1CCCN2C(CC3CCC4CCC(CC5CCCN6CCCC56)N4C3)CCCCC12. The van der Waals surface area contributed by atoms with Gasteiger partial charge in [0.1, 0.15) is 0 Å². The second kappa shape index (κ2) is 9.86. The lowest BCUT2D eigenvalue weighted by Crippen LogP contribution is -2.51. The Hall–Kier alpha value is -0.120. The van der Waals surface area contributed by atoms with Gasteiger partial charge in [0, 0.05) is 36.8 Å². The molecule has 3 heteroatoms. The number of rotatable bonds is 4. The summed E-state index contributed by atoms with van der Waals surface area (Å²) in [5.41, 5.74) is 0. The lowest BCUT2D eigenvalue weighted by Gasteiger charge is -2.46. The van der Waals surface area contributed by atoms with Gasteiger partial charge in [-0.05, 0) is 127 Å². The minimum Gasteiger partial charge on any atom is -0.300 e. The molecule has 6 fully saturated rings. The molecule has 6 rings (SSSR count). The first kappa shape index (κ1) is 22.4. The Balaban J connectivity index is 1.08. The predicted molar refractivity (Wildman–Crippen MR) is 134 cm³/mol. The van der Waals surface area contributed by atoms with Crippen molar-refractivity contribution in [3.05, 3.63) is 0 Å². The van der Waals surface area contributed by atoms with Crippen molar-refractivity contribution in [3.63, 3.8) is 0 Å². The van der Waals surface area contributed by atoms with Gasteiger partial charge >= 0.3 is 0 Å². The van der Waals surface area contributed by atoms with E-state index in [1.165, 1.54) is 129 Å². The predicted octanol–water partition coefficient (Wildman–Crippen LogP) is 5.93. The molecular formula is C29H51N3. The molecule has 0 saturated carbocycles. The van der Waals surface area contributed by atoms with Crippen molar-refractivity contribution in [2.24, 2.45) is 17.8 Å². The van der Waals surface area contributed by atoms with Crippen LogP contribution in [0.1, 0.15) is 110 Å². The van der Waals surface area contributed by atoms with Gasteiger partial charge in [-0.25, -0.2) is 0 Å². The molecule has 0 aromatic rings. The van der Waals surface area contributed by atoms with Crippen molar-refractivity contribution in [1.82, 2.24) is 14.7 Å². The number of nitrogens with zero attached hydrogens (tertiary/aromatic N) is 3. The highest BCUT2D eigenvalue weighted by molar-refractivity contribution is 4.98. The number of hydrogen-bond donors (Lipinski definition) is 0. The zero-order valence-corrected chi connectivity index (χ0v) is 21.1. The van der Waals surface area contributed by atoms with Crippen LogP contribution in [0.2, 0.25) is 0 Å². The summed E-state index contributed by atoms with van der Waals surface area (Å²) < 4.78 is 0. The smallest absolute Gasteiger partial charge is 0.0125 e. The Bertz CT molecular complexity index is 622. The Morgan fingerprint density at radius 3 is 2.28 bits per heavy atom. The van der Waals surface area contributed by atoms with Crippen molar-refractivity contribution in [2.75, 3.05) is 26.2 Å². The van der Waals surface area contributed by atoms with Crippen molar-refractivity contribution >= 4 is 0 Å². The number of fused-ring (bicyclic) bond motifs is 3. The molecule has 0 N–H and O–H groups in total. The largest absolute Gasteiger partial charge is 0.300 e. The van der Waals surface area contributed by atoms with E-state index in [0.29, 0.717) is 0 Å². The summed E-state index contributed by atoms with van der Waals surface area (Å²) in [5, 5.41) is 0. The van der Waals surface area contributed by atoms with Gasteiger partial charge in [-0.2, -0.15) is 0 Å². The van der Waals surface area contributed by atoms with E-state index in [1.54, 1.807) is 0 Å². The van der Waals surface area contributed by atoms with E-state index in [4.69, 9.17) is 0 Å². The molecule has 8 unspecified atom stereocenters. The minimum absolute atomic E-state index is 0.901. The molecule has 0 radical (unpaired) electrons. The molecule has 0 spiro atoms. The second-order valence-corrected chi connectivity index (χ2v) is 13.0. The first-order chi connectivity index (χ1) is 15.8. The van der Waals surface area contributed by atoms with Gasteiger partial charge in [0.05, 0.1) is 0 Å². The van der Waals surface area contributed by atoms with E-state index >= 15 is 0 Å². The van der Waals surface area contributed by atoms with Gasteiger partial charge in [0.2, 0.25) is 0 Å². The van der Waals surface area contributed by atoms with Crippen LogP contribution in [0.5, 0.6) is 0 Å². The highest BCUT2D eigenvalue weighted by atomic mass is 15.2. The molecule has 32 heavy (non-hydrogen) atoms. The topological polar surface area (TPSA) is 9.72 Å². The van der Waals surface area contributed by atoms with Crippen molar-refractivity contribution in [2.45, 2.75) is 140 Å². The van der Waals surface area contributed by atoms with Crippen LogP contribution in [0.4, 0.5) is 0 Å². The summed E-state index contributed by atoms with van der Waals surface area (Å²) in [6.45, 7) is 8.20. The third-order valence-electron chi connectivity index (χ3n) is 11.2. The Kier molecular flexibility index (Phi) is 6.89. The van der Waals surface area contributed by atoms with E-state index < -0.39 is 0 Å². The molecule has 0 bridgehead atoms. The lowest BCUT2D eigenvalue weighted by atomic mass is 9.82. The lowest BCUT2D eigenvalue weighted by molar-refractivity contribution is 0.0278. The Morgan fingerprint density at radius 2 is 1.34 bits per heavy atom. The first-order valence-electron chi connectivity index (χ1n) is 15.0. The second-order valence-electron chi connectivity index (χ2n) is 13.0. The van der Waals surface area contributed by atoms with E-state index in [9.17, 15) is 0 Å². The maximum absolute atomic E-state index is 3.08. The molecule has 0 aromatic carbocycles. The van der Waals surface area contributed by atoms with E-state index in [1.807, 2.05) is 0 Å². The number of piperidine rings is 3. The van der Waals surface area contributed by atoms with Gasteiger partial charge in [0.25, 0.3) is 0 Å². The van der Waals surface area contributed by atoms with Crippen molar-refractivity contribution < 1.29 is 0 Å². The van der Waals surface area contributed by atoms with Gasteiger partial charge in [-0.15, -0.1) is 0 Å². The highest BCUT2D eigenvalue weighted by Gasteiger charge is 2.43. The molecule has 6 heterocycles. The molecule has 0 amide bonds. The fourth-order valence-corrected chi connectivity index (χ4v) is 9.64. The number of hydrogen-bond acceptors (Lipinski definition) is 3. The van der Waals surface area contributed by atoms with Crippen LogP contribution in [0.25, 0.3) is 0 Å². The maximum Gasteiger partial charge on any atom is 0.0125 e. The van der Waals surface area contributed by atoms with E-state index in [-0.39, 0.29) is 0 Å². The summed E-state index contributed by atoms with van der Waals surface area (Å²) >= 11 is 0. The van der Waals surface area contributed by atoms with Crippen LogP contribution < -0.4 is 0 Å². The zero-order chi connectivity index (χ0) is 21.5. The summed E-state index contributed by atoms with van der Waals surface area (Å²) in [5.74, 6) is 2.92. The third-order valence-corrected chi connectivity index (χ3v) is 11.2. The van der Waals surface area contributed by atoms with Gasteiger partial charge < -0.3 is 4.90 Å². The molecule has 182 valence electrons. The molecule has 6 aliphatic rings. The quantitative estimate of drug-likeness (QED) is 0.535. The molecule has 6 aliphatic heterocycles. The summed E-state index contributed by atoms with van der Waals surface area (Å²) in [4.78, 5) is 8.97. The van der Waals surface area contributed by atoms with Crippen molar-refractivity contribution in [3.8, 4) is 0 Å². The molecule has 6 saturated heterocycles. The van der Waals surface area contributed by atoms with Crippen LogP contribution in [-0.4, -0.2) is 71.1 Å². The monoisotopic (exact) mass is 441 g/mol. The maximum atomic E-state index is 3.08. The van der Waals surface area contributed by atoms with Crippen LogP contribution in [0.3, 0.4) is 0 Å². The summed E-state index contributed by atoms with van der Waals surface area (Å²) in [6, 6.07) is 4.63. The van der Waals surface area contributed by atoms with E-state index in [2.05, 4.69) is 21.6 Å². The normalized spacial score (nSPS) is 46.4. The van der Waals surface area contributed by atoms with Crippen LogP contribution in [0, 0.1) is 17.8 Å². The minimum atomic E-state index is 0.901. The first-order valence-corrected chi connectivity index (χ1v) is 15.0.